The van der Waals surface area contributed by atoms with Gasteiger partial charge in [-0.05, 0) is 43.9 Å². The molecule has 1 saturated carbocycles. The van der Waals surface area contributed by atoms with Gasteiger partial charge in [-0.3, -0.25) is 0 Å². The van der Waals surface area contributed by atoms with Crippen molar-refractivity contribution in [2.75, 3.05) is 12.8 Å². The maximum absolute atomic E-state index is 3.73. The maximum atomic E-state index is 3.73. The Morgan fingerprint density at radius 3 is 2.36 bits per heavy atom. The summed E-state index contributed by atoms with van der Waals surface area (Å²) in [5, 5.41) is 4.53. The van der Waals surface area contributed by atoms with Crippen LogP contribution in [-0.4, -0.2) is 24.1 Å². The van der Waals surface area contributed by atoms with Crippen molar-refractivity contribution in [2.45, 2.75) is 51.3 Å². The molecule has 0 aromatic heterocycles. The molecule has 0 radical (unpaired) electrons. The predicted octanol–water partition coefficient (Wildman–Crippen LogP) is 3.15. The van der Waals surface area contributed by atoms with E-state index in [1.165, 1.54) is 25.8 Å². The van der Waals surface area contributed by atoms with Gasteiger partial charge < -0.3 is 5.32 Å². The average Bonchev–Trinajstić information content (AvgIpc) is 2.94. The molecule has 2 atom stereocenters. The van der Waals surface area contributed by atoms with Gasteiger partial charge in [0.25, 0.3) is 0 Å². The third-order valence-electron chi connectivity index (χ3n) is 3.18. The SMILES string of the molecule is CSC(C)CCNC(C(C)C)C1CC1. The van der Waals surface area contributed by atoms with Crippen molar-refractivity contribution in [2.24, 2.45) is 11.8 Å². The fraction of sp³-hybridized carbons (Fsp3) is 1.00. The second kappa shape index (κ2) is 6.02. The highest BCUT2D eigenvalue weighted by atomic mass is 32.2. The first-order valence-electron chi connectivity index (χ1n) is 5.91. The molecule has 1 nitrogen and oxygen atoms in total. The Morgan fingerprint density at radius 1 is 1.29 bits per heavy atom. The molecular formula is C12H25NS. The largest absolute Gasteiger partial charge is 0.313 e. The molecule has 1 aliphatic carbocycles. The van der Waals surface area contributed by atoms with Crippen LogP contribution in [0, 0.1) is 11.8 Å². The molecule has 2 heteroatoms. The topological polar surface area (TPSA) is 12.0 Å². The quantitative estimate of drug-likeness (QED) is 0.700. The van der Waals surface area contributed by atoms with Gasteiger partial charge in [-0.2, -0.15) is 11.8 Å². The van der Waals surface area contributed by atoms with E-state index >= 15 is 0 Å². The summed E-state index contributed by atoms with van der Waals surface area (Å²) in [5.41, 5.74) is 0. The van der Waals surface area contributed by atoms with E-state index in [1.54, 1.807) is 0 Å². The fourth-order valence-corrected chi connectivity index (χ4v) is 2.33. The van der Waals surface area contributed by atoms with Crippen molar-refractivity contribution >= 4 is 11.8 Å². The number of rotatable bonds is 7. The Bertz CT molecular complexity index is 152. The van der Waals surface area contributed by atoms with Crippen LogP contribution < -0.4 is 5.32 Å². The van der Waals surface area contributed by atoms with Crippen LogP contribution in [0.15, 0.2) is 0 Å². The Hall–Kier alpha value is 0.310. The first kappa shape index (κ1) is 12.4. The molecule has 14 heavy (non-hydrogen) atoms. The molecule has 1 N–H and O–H groups in total. The minimum atomic E-state index is 0.782. The Morgan fingerprint density at radius 2 is 1.93 bits per heavy atom. The molecule has 0 spiro atoms. The lowest BCUT2D eigenvalue weighted by Gasteiger charge is -2.22. The summed E-state index contributed by atoms with van der Waals surface area (Å²) >= 11 is 1.97. The number of hydrogen-bond acceptors (Lipinski definition) is 2. The van der Waals surface area contributed by atoms with Crippen LogP contribution >= 0.6 is 11.8 Å². The molecule has 0 aliphatic heterocycles. The van der Waals surface area contributed by atoms with Gasteiger partial charge >= 0.3 is 0 Å². The summed E-state index contributed by atoms with van der Waals surface area (Å²) < 4.78 is 0. The molecule has 0 heterocycles. The summed E-state index contributed by atoms with van der Waals surface area (Å²) in [6.07, 6.45) is 6.41. The minimum absolute atomic E-state index is 0.782. The van der Waals surface area contributed by atoms with Crippen molar-refractivity contribution in [3.8, 4) is 0 Å². The van der Waals surface area contributed by atoms with Crippen molar-refractivity contribution in [3.05, 3.63) is 0 Å². The minimum Gasteiger partial charge on any atom is -0.313 e. The molecule has 84 valence electrons. The van der Waals surface area contributed by atoms with Crippen molar-refractivity contribution in [1.82, 2.24) is 5.32 Å². The summed E-state index contributed by atoms with van der Waals surface area (Å²) in [5.74, 6) is 1.78. The second-order valence-corrected chi connectivity index (χ2v) is 6.17. The highest BCUT2D eigenvalue weighted by Crippen LogP contribution is 2.35. The van der Waals surface area contributed by atoms with E-state index in [0.29, 0.717) is 0 Å². The Kier molecular flexibility index (Phi) is 5.32. The Labute approximate surface area is 93.4 Å². The smallest absolute Gasteiger partial charge is 0.0118 e. The van der Waals surface area contributed by atoms with Crippen LogP contribution in [0.4, 0.5) is 0 Å². The van der Waals surface area contributed by atoms with Gasteiger partial charge in [-0.15, -0.1) is 0 Å². The summed E-state index contributed by atoms with van der Waals surface area (Å²) in [4.78, 5) is 0. The molecule has 1 aliphatic rings. The number of thioether (sulfide) groups is 1. The van der Waals surface area contributed by atoms with Gasteiger partial charge in [-0.25, -0.2) is 0 Å². The standard InChI is InChI=1S/C12H25NS/c1-9(2)12(11-5-6-11)13-8-7-10(3)14-4/h9-13H,5-8H2,1-4H3. The zero-order valence-electron chi connectivity index (χ0n) is 10.0. The molecule has 1 rings (SSSR count). The normalized spacial score (nSPS) is 21.2. The molecule has 0 aromatic carbocycles. The third-order valence-corrected chi connectivity index (χ3v) is 4.22. The molecule has 0 amide bonds. The monoisotopic (exact) mass is 215 g/mol. The summed E-state index contributed by atoms with van der Waals surface area (Å²) in [6, 6.07) is 0.782. The molecular weight excluding hydrogens is 190 g/mol. The maximum Gasteiger partial charge on any atom is 0.0118 e. The van der Waals surface area contributed by atoms with Crippen LogP contribution in [0.3, 0.4) is 0 Å². The first-order valence-corrected chi connectivity index (χ1v) is 7.20. The van der Waals surface area contributed by atoms with Crippen LogP contribution in [0.1, 0.15) is 40.0 Å². The molecule has 1 fully saturated rings. The molecule has 2 unspecified atom stereocenters. The van der Waals surface area contributed by atoms with Crippen molar-refractivity contribution in [3.63, 3.8) is 0 Å². The summed E-state index contributed by atoms with van der Waals surface area (Å²) in [6.45, 7) is 8.19. The van der Waals surface area contributed by atoms with E-state index < -0.39 is 0 Å². The molecule has 0 saturated heterocycles. The molecule has 0 bridgehead atoms. The van der Waals surface area contributed by atoms with E-state index in [1.807, 2.05) is 11.8 Å². The van der Waals surface area contributed by atoms with Crippen molar-refractivity contribution in [1.29, 1.82) is 0 Å². The lowest BCUT2D eigenvalue weighted by molar-refractivity contribution is 0.359. The van der Waals surface area contributed by atoms with Gasteiger partial charge in [0.2, 0.25) is 0 Å². The van der Waals surface area contributed by atoms with Gasteiger partial charge in [0.1, 0.15) is 0 Å². The van der Waals surface area contributed by atoms with Crippen molar-refractivity contribution < 1.29 is 0 Å². The van der Waals surface area contributed by atoms with E-state index in [0.717, 1.165) is 23.1 Å². The highest BCUT2D eigenvalue weighted by Gasteiger charge is 2.32. The second-order valence-electron chi connectivity index (χ2n) is 4.90. The van der Waals surface area contributed by atoms with Gasteiger partial charge in [0.15, 0.2) is 0 Å². The van der Waals surface area contributed by atoms with Crippen LogP contribution in [0.25, 0.3) is 0 Å². The lowest BCUT2D eigenvalue weighted by Crippen LogP contribution is -2.37. The van der Waals surface area contributed by atoms with Crippen LogP contribution in [0.5, 0.6) is 0 Å². The van der Waals surface area contributed by atoms with Gasteiger partial charge in [-0.1, -0.05) is 20.8 Å². The highest BCUT2D eigenvalue weighted by molar-refractivity contribution is 7.99. The summed E-state index contributed by atoms with van der Waals surface area (Å²) in [7, 11) is 0. The van der Waals surface area contributed by atoms with E-state index in [-0.39, 0.29) is 0 Å². The van der Waals surface area contributed by atoms with E-state index in [2.05, 4.69) is 32.3 Å². The average molecular weight is 215 g/mol. The van der Waals surface area contributed by atoms with Crippen LogP contribution in [0.2, 0.25) is 0 Å². The third kappa shape index (κ3) is 4.22. The van der Waals surface area contributed by atoms with E-state index in [4.69, 9.17) is 0 Å². The fourth-order valence-electron chi connectivity index (χ4n) is 1.97. The lowest BCUT2D eigenvalue weighted by atomic mass is 9.99. The zero-order chi connectivity index (χ0) is 10.6. The van der Waals surface area contributed by atoms with E-state index in [9.17, 15) is 0 Å². The predicted molar refractivity (Wildman–Crippen MR) is 66.9 cm³/mol. The van der Waals surface area contributed by atoms with Gasteiger partial charge in [0.05, 0.1) is 0 Å². The zero-order valence-corrected chi connectivity index (χ0v) is 10.9. The number of hydrogen-bond donors (Lipinski definition) is 1. The Balaban J connectivity index is 2.13. The first-order chi connectivity index (χ1) is 6.65. The molecule has 0 aromatic rings. The van der Waals surface area contributed by atoms with Gasteiger partial charge in [0, 0.05) is 11.3 Å². The van der Waals surface area contributed by atoms with Crippen LogP contribution in [-0.2, 0) is 0 Å². The number of nitrogens with one attached hydrogen (secondary N) is 1.